The largest absolute Gasteiger partial charge is 1.00 e. The van der Waals surface area contributed by atoms with Gasteiger partial charge in [0.25, 0.3) is 6.47 Å². The van der Waals surface area contributed by atoms with E-state index in [1.54, 1.807) is 84.3 Å². The van der Waals surface area contributed by atoms with Gasteiger partial charge < -0.3 is 69.9 Å². The second kappa shape index (κ2) is 67.2. The number of amides is 4. The number of hydrogen-bond donors (Lipinski definition) is 3. The summed E-state index contributed by atoms with van der Waals surface area (Å²) < 4.78 is 87.7. The molecular formula is C102H131Cs2FN12O23S. The number of ether oxygens (including phenoxy) is 9. The summed E-state index contributed by atoms with van der Waals surface area (Å²) in [7, 11) is -1.82. The summed E-state index contributed by atoms with van der Waals surface area (Å²) in [5.41, 5.74) is 23.0. The molecule has 0 aliphatic carbocycles. The van der Waals surface area contributed by atoms with Gasteiger partial charge in [0, 0.05) is 90.1 Å². The first-order valence-electron chi connectivity index (χ1n) is 45.9. The van der Waals surface area contributed by atoms with Crippen LogP contribution in [0.4, 0.5) is 25.6 Å². The Morgan fingerprint density at radius 2 is 0.922 bits per heavy atom. The Hall–Kier alpha value is -9.41. The summed E-state index contributed by atoms with van der Waals surface area (Å²) in [6.45, 7) is 28.0. The maximum Gasteiger partial charge on any atom is 1.00 e. The van der Waals surface area contributed by atoms with Crippen LogP contribution in [0.3, 0.4) is 0 Å². The number of azide groups is 2. The quantitative estimate of drug-likeness (QED) is 0.00367. The first-order chi connectivity index (χ1) is 66.7. The number of halogens is 1. The minimum atomic E-state index is -3.46. The van der Waals surface area contributed by atoms with E-state index in [9.17, 15) is 56.3 Å². The predicted molar refractivity (Wildman–Crippen MR) is 526 cm³/mol. The molecule has 0 spiro atoms. The molecule has 752 valence electrons. The number of aryl methyl sites for hydroxylation is 3. The maximum atomic E-state index is 14.0. The van der Waals surface area contributed by atoms with Gasteiger partial charge in [-0.3, -0.25) is 47.8 Å². The van der Waals surface area contributed by atoms with Gasteiger partial charge in [-0.05, 0) is 202 Å². The van der Waals surface area contributed by atoms with Crippen molar-refractivity contribution in [2.24, 2.45) is 22.1 Å². The van der Waals surface area contributed by atoms with Gasteiger partial charge in [0.1, 0.15) is 46.8 Å². The van der Waals surface area contributed by atoms with Gasteiger partial charge >= 0.3 is 162 Å². The minimum absolute atomic E-state index is 0. The number of sulfone groups is 1. The van der Waals surface area contributed by atoms with E-state index in [0.29, 0.717) is 90.5 Å². The number of aromatic hydroxyl groups is 1. The summed E-state index contributed by atoms with van der Waals surface area (Å²) >= 11 is 0. The van der Waals surface area contributed by atoms with E-state index in [1.165, 1.54) is 36.2 Å². The van der Waals surface area contributed by atoms with Crippen molar-refractivity contribution in [3.05, 3.63) is 231 Å². The van der Waals surface area contributed by atoms with Crippen molar-refractivity contribution in [1.29, 1.82) is 0 Å². The predicted octanol–water partition coefficient (Wildman–Crippen LogP) is 12.0. The number of nitrogens with one attached hydrogen (secondary N) is 2. The first-order valence-corrected chi connectivity index (χ1v) is 46.8. The SMILES string of the molecule is COC(=O)C[C@H](CC(=O)[C@@H](NC(=O)CCCN(C(=O)OC(C)(C)C)c1cc(C)ccn1)C(C)C)c1ccc(-c2ccc(O)c3ccccc23)cc1.COC(=O)C[C@H](CC(=O)[C@@H](NC(=O)CCCN(C(=O)OC(C)(C)C)c1cc(C)ccn1)C(C)C)c1ccc(-c2ccc(OCCOCCOCCOCCOCCN=[N+]=[N-])c3ccccc23)cc1.Cc1ccc(S(=O)(=O)CN=[N+]=[N-])cc1.O=CO[O-].[2H]CF.[Cs+].[Cs+].[H-]. The molecule has 4 atom stereocenters. The standard InChI is InChI=1S/C51H68N6O11.C41H49N3O7.C8H9N3O2S.CH3F.CH2O3.2Cs.H/c1-36(2)49(55-47(59)13-10-23-57(50(61)68-51(4,5)6)46-33-37(3)20-21-53-46)44(58)34-40(35-48(60)62-7)38-14-16-39(17-15-38)41-18-19-45(43-12-9-8-11-42(41)43)67-32-31-66-30-29-65-28-27-64-26-25-63-24-22-54-56-52;1-26(2)39(43-37(47)13-10-22-44(40(49)51-41(4,5)6)36-23-27(3)20-21-42-36)35(46)24-30(25-38(48)50-7)28-14-16-29(17-15-28)31-18-19-34(45)33-12-9-8-11-32(31)33;1-7-2-4-8(5-3-7)14(12,13)6-10-11-9;1-2;2-1-4-3;;;/h8-9,11-12,14-21,33,36,40,49H,10,13,22-32,34-35H2,1-7H3,(H,55,59);8-9,11-12,14-21,23,26,30,39,45H,10,13,22,24-25H2,1-7H3,(H,43,47);2-5H,6H2,1H3;1H3;1,3H;;;/q;;;;;2*+1;-1/p-1/t40-,49-;30-,39-;;;;;;/m00....../s1/i;;;1D;;;;. The van der Waals surface area contributed by atoms with Crippen molar-refractivity contribution < 1.29 is 254 Å². The third-order valence-electron chi connectivity index (χ3n) is 20.9. The van der Waals surface area contributed by atoms with Crippen LogP contribution in [0.5, 0.6) is 11.5 Å². The third-order valence-corrected chi connectivity index (χ3v) is 22.3. The molecule has 9 rings (SSSR count). The topological polar surface area (TPSA) is 477 Å². The molecule has 39 heteroatoms. The van der Waals surface area contributed by atoms with Crippen molar-refractivity contribution in [3.8, 4) is 33.8 Å². The number of benzene rings is 7. The van der Waals surface area contributed by atoms with Gasteiger partial charge in [-0.2, -0.15) is 0 Å². The number of phenols is 1. The molecule has 9 aromatic rings. The number of carbonyl (C=O) groups excluding carboxylic acids is 9. The molecule has 2 aromatic heterocycles. The number of hydrogen-bond acceptors (Lipinski definition) is 27. The molecule has 0 radical (unpaired) electrons. The van der Waals surface area contributed by atoms with Crippen LogP contribution in [-0.4, -0.2) is 207 Å². The number of nitrogens with zero attached hydrogens (tertiary/aromatic N) is 10. The van der Waals surface area contributed by atoms with E-state index in [0.717, 1.165) is 77.4 Å². The summed E-state index contributed by atoms with van der Waals surface area (Å²) in [4.78, 5) is 134. The number of methoxy groups -OCH3 is 2. The Kier molecular flexibility index (Phi) is 59.1. The van der Waals surface area contributed by atoms with Gasteiger partial charge in [0.2, 0.25) is 11.8 Å². The molecule has 0 saturated carbocycles. The van der Waals surface area contributed by atoms with Gasteiger partial charge in [0.15, 0.2) is 21.4 Å². The molecular weight excluding hydrogens is 2080 g/mol. The average molecular weight is 2210 g/mol. The van der Waals surface area contributed by atoms with Crippen molar-refractivity contribution >= 4 is 97.0 Å². The third kappa shape index (κ3) is 46.0. The Labute approximate surface area is 945 Å². The van der Waals surface area contributed by atoms with Gasteiger partial charge in [-0.1, -0.05) is 165 Å². The summed E-state index contributed by atoms with van der Waals surface area (Å²) in [6.07, 6.45) is 2.85. The first kappa shape index (κ1) is 124. The number of phenolic OH excluding ortho intramolecular Hbond substituents is 1. The number of pyridine rings is 2. The van der Waals surface area contributed by atoms with E-state index in [2.05, 4.69) is 45.5 Å². The van der Waals surface area contributed by atoms with Crippen molar-refractivity contribution in [3.63, 3.8) is 0 Å². The van der Waals surface area contributed by atoms with E-state index < -0.39 is 82.1 Å². The molecule has 0 unspecified atom stereocenters. The number of carbonyl (C=O) groups is 9. The fraction of sp³-hybridized carbons (Fsp3) is 0.441. The van der Waals surface area contributed by atoms with Crippen molar-refractivity contribution in [1.82, 2.24) is 20.6 Å². The van der Waals surface area contributed by atoms with E-state index in [4.69, 9.17) is 65.1 Å². The van der Waals surface area contributed by atoms with E-state index in [1.807, 2.05) is 176 Å². The van der Waals surface area contributed by atoms with Crippen molar-refractivity contribution in [2.75, 3.05) is 116 Å². The molecule has 0 aliphatic rings. The average Bonchev–Trinajstić information content (AvgIpc) is 0.789. The van der Waals surface area contributed by atoms with Crippen LogP contribution < -0.4 is 168 Å². The number of anilines is 2. The smallest absolute Gasteiger partial charge is 1.00 e. The van der Waals surface area contributed by atoms with Crippen LogP contribution in [-0.2, 0) is 86.2 Å². The fourth-order valence-electron chi connectivity index (χ4n) is 14.1. The molecule has 35 nitrogen and oxygen atoms in total. The monoisotopic (exact) mass is 2210 g/mol. The fourth-order valence-corrected chi connectivity index (χ4v) is 15.0. The van der Waals surface area contributed by atoms with Crippen LogP contribution in [0.1, 0.15) is 163 Å². The molecule has 0 fully saturated rings. The van der Waals surface area contributed by atoms with Crippen molar-refractivity contribution in [2.45, 2.75) is 181 Å². The Bertz CT molecular complexity index is 5690. The Morgan fingerprint density at radius 1 is 0.539 bits per heavy atom. The zero-order valence-electron chi connectivity index (χ0n) is 85.6. The zero-order chi connectivity index (χ0) is 103. The molecule has 3 N–H and O–H groups in total. The van der Waals surface area contributed by atoms with Crippen LogP contribution in [0.25, 0.3) is 64.7 Å². The van der Waals surface area contributed by atoms with E-state index >= 15 is 0 Å². The number of esters is 2. The minimum Gasteiger partial charge on any atom is -1.00 e. The molecule has 4 amide bonds. The van der Waals surface area contributed by atoms with Crippen LogP contribution in [0, 0.1) is 32.6 Å². The number of Topliss-reactive ketones (excluding diaryl/α,β-unsaturated/α-hetero) is 2. The number of rotatable bonds is 48. The molecule has 141 heavy (non-hydrogen) atoms. The summed E-state index contributed by atoms with van der Waals surface area (Å²) in [5.74, 6) is -2.09. The number of aromatic nitrogens is 2. The molecule has 0 bridgehead atoms. The second-order valence-electron chi connectivity index (χ2n) is 34.5. The maximum absolute atomic E-state index is 14.0. The van der Waals surface area contributed by atoms with Gasteiger partial charge in [-0.25, -0.2) is 28.0 Å². The Morgan fingerprint density at radius 3 is 1.30 bits per heavy atom. The zero-order valence-corrected chi connectivity index (χ0v) is 97.0. The Balaban J connectivity index is 0.000000805. The number of fused-ring (bicyclic) bond motifs is 2. The summed E-state index contributed by atoms with van der Waals surface area (Å²) in [5, 5.41) is 34.6. The van der Waals surface area contributed by atoms with E-state index in [-0.39, 0.29) is 243 Å². The molecule has 7 aromatic carbocycles. The van der Waals surface area contributed by atoms with Gasteiger partial charge in [-0.15, -0.1) is 0 Å². The number of alkyl halides is 1. The number of ketones is 2. The molecule has 0 aliphatic heterocycles. The molecule has 0 saturated heterocycles. The normalized spacial score (nSPS) is 11.8. The van der Waals surface area contributed by atoms with Gasteiger partial charge in [0.05, 0.1) is 105 Å². The van der Waals surface area contributed by atoms with Crippen LogP contribution in [0.15, 0.2) is 197 Å². The van der Waals surface area contributed by atoms with Crippen LogP contribution >= 0.6 is 0 Å². The van der Waals surface area contributed by atoms with Crippen LogP contribution in [0.2, 0.25) is 0 Å². The second-order valence-corrected chi connectivity index (χ2v) is 36.5. The molecule has 2 heterocycles. The summed E-state index contributed by atoms with van der Waals surface area (Å²) in [6, 6.07) is 50.7.